The molecule has 0 aromatic heterocycles. The summed E-state index contributed by atoms with van der Waals surface area (Å²) in [5.41, 5.74) is 2.57. The van der Waals surface area contributed by atoms with Gasteiger partial charge in [-0.2, -0.15) is 0 Å². The van der Waals surface area contributed by atoms with Gasteiger partial charge in [-0.3, -0.25) is 9.69 Å². The summed E-state index contributed by atoms with van der Waals surface area (Å²) in [6, 6.07) is 13.6. The van der Waals surface area contributed by atoms with Crippen molar-refractivity contribution in [2.75, 3.05) is 51.3 Å². The molecular formula is C25H25ClN4O5. The van der Waals surface area contributed by atoms with Crippen molar-refractivity contribution in [1.29, 1.82) is 0 Å². The molecule has 2 aromatic carbocycles. The Kier molecular flexibility index (Phi) is 6.25. The minimum Gasteiger partial charge on any atom is -0.497 e. The number of nitrogens with zero attached hydrogens (tertiary/aromatic N) is 3. The van der Waals surface area contributed by atoms with Crippen LogP contribution in [0.2, 0.25) is 5.02 Å². The van der Waals surface area contributed by atoms with Gasteiger partial charge in [0, 0.05) is 36.9 Å². The highest BCUT2D eigenvalue weighted by molar-refractivity contribution is 6.30. The maximum absolute atomic E-state index is 13.1. The molecule has 182 valence electrons. The van der Waals surface area contributed by atoms with Gasteiger partial charge in [-0.05, 0) is 42.0 Å². The summed E-state index contributed by atoms with van der Waals surface area (Å²) in [6.45, 7) is 2.24. The van der Waals surface area contributed by atoms with Gasteiger partial charge in [-0.15, -0.1) is 0 Å². The standard InChI is InChI=1S/C25H25ClN4O5/c1-34-19-8-6-18(7-9-19)28-10-12-29(13-11-28)21(31)14-30-20-15-35-24(32)22(20)23(27-25(30)33)16-2-4-17(26)5-3-16/h2-9,23H,10-15H2,1H3,(H,27,33)/t23-/m0/s1. The van der Waals surface area contributed by atoms with Crippen LogP contribution in [0, 0.1) is 0 Å². The van der Waals surface area contributed by atoms with E-state index in [9.17, 15) is 14.4 Å². The lowest BCUT2D eigenvalue weighted by Crippen LogP contribution is -2.54. The van der Waals surface area contributed by atoms with E-state index < -0.39 is 18.0 Å². The summed E-state index contributed by atoms with van der Waals surface area (Å²) >= 11 is 5.98. The van der Waals surface area contributed by atoms with Crippen LogP contribution in [0.4, 0.5) is 10.5 Å². The molecule has 1 saturated heterocycles. The van der Waals surface area contributed by atoms with Gasteiger partial charge in [-0.1, -0.05) is 23.7 Å². The van der Waals surface area contributed by atoms with E-state index in [0.29, 0.717) is 42.5 Å². The quantitative estimate of drug-likeness (QED) is 0.640. The van der Waals surface area contributed by atoms with Gasteiger partial charge in [0.15, 0.2) is 0 Å². The summed E-state index contributed by atoms with van der Waals surface area (Å²) in [5, 5.41) is 3.40. The van der Waals surface area contributed by atoms with Gasteiger partial charge in [-0.25, -0.2) is 9.59 Å². The van der Waals surface area contributed by atoms with E-state index in [0.717, 1.165) is 17.0 Å². The van der Waals surface area contributed by atoms with Gasteiger partial charge >= 0.3 is 12.0 Å². The Bertz CT molecular complexity index is 1170. The number of urea groups is 1. The van der Waals surface area contributed by atoms with Crippen LogP contribution in [0.1, 0.15) is 11.6 Å². The van der Waals surface area contributed by atoms with E-state index in [2.05, 4.69) is 10.2 Å². The van der Waals surface area contributed by atoms with E-state index in [-0.39, 0.29) is 19.1 Å². The fourth-order valence-corrected chi connectivity index (χ4v) is 4.75. The van der Waals surface area contributed by atoms with Crippen molar-refractivity contribution in [1.82, 2.24) is 15.1 Å². The van der Waals surface area contributed by atoms with Crippen LogP contribution >= 0.6 is 11.6 Å². The SMILES string of the molecule is COc1ccc(N2CCN(C(=O)CN3C(=O)N[C@@H](c4ccc(Cl)cc4)C4=C3COC4=O)CC2)cc1. The normalized spacial score (nSPS) is 19.9. The molecule has 5 rings (SSSR count). The molecule has 0 saturated carbocycles. The van der Waals surface area contributed by atoms with Crippen LogP contribution in [0.5, 0.6) is 5.75 Å². The molecule has 0 aliphatic carbocycles. The number of carbonyl (C=O) groups is 3. The number of benzene rings is 2. The fraction of sp³-hybridized carbons (Fsp3) is 0.320. The van der Waals surface area contributed by atoms with E-state index in [1.807, 2.05) is 24.3 Å². The Hall–Kier alpha value is -3.72. The first-order valence-corrected chi connectivity index (χ1v) is 11.7. The van der Waals surface area contributed by atoms with Gasteiger partial charge in [0.1, 0.15) is 18.9 Å². The molecule has 3 amide bonds. The number of cyclic esters (lactones) is 1. The zero-order valence-electron chi connectivity index (χ0n) is 19.2. The second kappa shape index (κ2) is 9.50. The molecule has 1 atom stereocenters. The topological polar surface area (TPSA) is 91.4 Å². The van der Waals surface area contributed by atoms with E-state index in [4.69, 9.17) is 21.1 Å². The minimum absolute atomic E-state index is 0.0375. The molecule has 0 bridgehead atoms. The lowest BCUT2D eigenvalue weighted by Gasteiger charge is -2.38. The number of hydrogen-bond acceptors (Lipinski definition) is 6. The van der Waals surface area contributed by atoms with E-state index in [1.165, 1.54) is 4.90 Å². The number of hydrogen-bond donors (Lipinski definition) is 1. The Morgan fingerprint density at radius 1 is 1.06 bits per heavy atom. The lowest BCUT2D eigenvalue weighted by molar-refractivity contribution is -0.136. The van der Waals surface area contributed by atoms with Gasteiger partial charge < -0.3 is 24.6 Å². The first kappa shape index (κ1) is 23.0. The zero-order valence-corrected chi connectivity index (χ0v) is 20.0. The van der Waals surface area contributed by atoms with E-state index in [1.54, 1.807) is 36.3 Å². The van der Waals surface area contributed by atoms with Gasteiger partial charge in [0.25, 0.3) is 0 Å². The first-order valence-electron chi connectivity index (χ1n) is 11.3. The predicted octanol–water partition coefficient (Wildman–Crippen LogP) is 2.57. The van der Waals surface area contributed by atoms with Crippen molar-refractivity contribution >= 4 is 35.2 Å². The molecule has 0 radical (unpaired) electrons. The molecular weight excluding hydrogens is 472 g/mol. The van der Waals surface area contributed by atoms with Gasteiger partial charge in [0.2, 0.25) is 5.91 Å². The number of carbonyl (C=O) groups excluding carboxylic acids is 3. The van der Waals surface area contributed by atoms with Crippen LogP contribution < -0.4 is 15.0 Å². The van der Waals surface area contributed by atoms with Crippen LogP contribution in [-0.2, 0) is 14.3 Å². The third kappa shape index (κ3) is 4.51. The van der Waals surface area contributed by atoms with Crippen molar-refractivity contribution in [3.05, 3.63) is 70.4 Å². The molecule has 1 fully saturated rings. The molecule has 2 aromatic rings. The van der Waals surface area contributed by atoms with Crippen molar-refractivity contribution in [2.45, 2.75) is 6.04 Å². The molecule has 10 heteroatoms. The van der Waals surface area contributed by atoms with Crippen molar-refractivity contribution < 1.29 is 23.9 Å². The smallest absolute Gasteiger partial charge is 0.338 e. The summed E-state index contributed by atoms with van der Waals surface area (Å²) in [7, 11) is 1.63. The molecule has 3 aliphatic heterocycles. The Morgan fingerprint density at radius 2 is 1.74 bits per heavy atom. The number of halogens is 1. The maximum Gasteiger partial charge on any atom is 0.338 e. The van der Waals surface area contributed by atoms with Crippen LogP contribution in [0.15, 0.2) is 59.8 Å². The largest absolute Gasteiger partial charge is 0.497 e. The second-order valence-electron chi connectivity index (χ2n) is 8.52. The average molecular weight is 497 g/mol. The number of anilines is 1. The summed E-state index contributed by atoms with van der Waals surface area (Å²) in [5.74, 6) is 0.125. The zero-order chi connectivity index (χ0) is 24.5. The third-order valence-corrected chi connectivity index (χ3v) is 6.82. The fourth-order valence-electron chi connectivity index (χ4n) is 4.63. The number of nitrogens with one attached hydrogen (secondary N) is 1. The molecule has 35 heavy (non-hydrogen) atoms. The molecule has 3 heterocycles. The monoisotopic (exact) mass is 496 g/mol. The molecule has 1 N–H and O–H groups in total. The molecule has 0 spiro atoms. The molecule has 0 unspecified atom stereocenters. The Balaban J connectivity index is 1.27. The number of amides is 3. The number of ether oxygens (including phenoxy) is 2. The highest BCUT2D eigenvalue weighted by Gasteiger charge is 2.43. The lowest BCUT2D eigenvalue weighted by atomic mass is 9.96. The van der Waals surface area contributed by atoms with Crippen LogP contribution in [0.3, 0.4) is 0 Å². The molecule has 9 nitrogen and oxygen atoms in total. The van der Waals surface area contributed by atoms with Crippen LogP contribution in [0.25, 0.3) is 0 Å². The summed E-state index contributed by atoms with van der Waals surface area (Å²) < 4.78 is 10.5. The Labute approximate surface area is 207 Å². The predicted molar refractivity (Wildman–Crippen MR) is 129 cm³/mol. The van der Waals surface area contributed by atoms with Crippen molar-refractivity contribution in [3.63, 3.8) is 0 Å². The first-order chi connectivity index (χ1) is 16.9. The number of piperazine rings is 1. The third-order valence-electron chi connectivity index (χ3n) is 6.56. The number of rotatable bonds is 5. The Morgan fingerprint density at radius 3 is 2.40 bits per heavy atom. The average Bonchev–Trinajstić information content (AvgIpc) is 3.27. The minimum atomic E-state index is -0.649. The summed E-state index contributed by atoms with van der Waals surface area (Å²) in [4.78, 5) is 43.9. The van der Waals surface area contributed by atoms with Crippen molar-refractivity contribution in [2.24, 2.45) is 0 Å². The van der Waals surface area contributed by atoms with E-state index >= 15 is 0 Å². The molecule has 3 aliphatic rings. The highest BCUT2D eigenvalue weighted by Crippen LogP contribution is 2.35. The highest BCUT2D eigenvalue weighted by atomic mass is 35.5. The second-order valence-corrected chi connectivity index (χ2v) is 8.96. The number of esters is 1. The van der Waals surface area contributed by atoms with Crippen molar-refractivity contribution in [3.8, 4) is 5.75 Å². The number of methoxy groups -OCH3 is 1. The van der Waals surface area contributed by atoms with Gasteiger partial charge in [0.05, 0.1) is 24.4 Å². The summed E-state index contributed by atoms with van der Waals surface area (Å²) in [6.07, 6.45) is 0. The van der Waals surface area contributed by atoms with Crippen LogP contribution in [-0.4, -0.2) is 74.1 Å². The maximum atomic E-state index is 13.1.